The fourth-order valence-corrected chi connectivity index (χ4v) is 1.01. The molecular formula is C4H4Br2N2. The molecule has 44 valence electrons. The third kappa shape index (κ3) is 1.32. The van der Waals surface area contributed by atoms with Crippen molar-refractivity contribution in [1.29, 1.82) is 0 Å². The van der Waals surface area contributed by atoms with Crippen LogP contribution in [0.3, 0.4) is 0 Å². The summed E-state index contributed by atoms with van der Waals surface area (Å²) < 4.78 is 2.79. The van der Waals surface area contributed by atoms with Gasteiger partial charge in [0.05, 0.1) is 16.1 Å². The normalized spacial score (nSPS) is 9.75. The molecule has 0 atom stereocenters. The highest BCUT2D eigenvalue weighted by Crippen LogP contribution is 2.06. The second-order valence-corrected chi connectivity index (χ2v) is 2.73. The SMILES string of the molecule is BrCn1cc(Br)cn1. The fraction of sp³-hybridized carbons (Fsp3) is 0.250. The summed E-state index contributed by atoms with van der Waals surface area (Å²) in [6.07, 6.45) is 3.65. The first-order valence-electron chi connectivity index (χ1n) is 2.07. The third-order valence-corrected chi connectivity index (χ3v) is 1.65. The lowest BCUT2D eigenvalue weighted by molar-refractivity contribution is 0.759. The van der Waals surface area contributed by atoms with Crippen molar-refractivity contribution in [1.82, 2.24) is 9.78 Å². The zero-order chi connectivity index (χ0) is 5.98. The van der Waals surface area contributed by atoms with Gasteiger partial charge >= 0.3 is 0 Å². The molecule has 0 saturated heterocycles. The summed E-state index contributed by atoms with van der Waals surface area (Å²) in [6.45, 7) is 0. The van der Waals surface area contributed by atoms with Gasteiger partial charge in [-0.25, -0.2) is 0 Å². The molecule has 0 aliphatic carbocycles. The summed E-state index contributed by atoms with van der Waals surface area (Å²) in [5, 5.41) is 3.96. The average molecular weight is 240 g/mol. The van der Waals surface area contributed by atoms with Gasteiger partial charge in [0.2, 0.25) is 0 Å². The van der Waals surface area contributed by atoms with Crippen LogP contribution in [0.25, 0.3) is 0 Å². The van der Waals surface area contributed by atoms with E-state index in [1.54, 1.807) is 10.9 Å². The van der Waals surface area contributed by atoms with Gasteiger partial charge in [0, 0.05) is 6.20 Å². The molecule has 1 aromatic rings. The lowest BCUT2D eigenvalue weighted by Gasteiger charge is -1.86. The number of nitrogens with zero attached hydrogens (tertiary/aromatic N) is 2. The number of hydrogen-bond acceptors (Lipinski definition) is 1. The fourth-order valence-electron chi connectivity index (χ4n) is 0.404. The molecule has 0 bridgehead atoms. The summed E-state index contributed by atoms with van der Waals surface area (Å²) in [5.41, 5.74) is 0.749. The Hall–Kier alpha value is 0.170. The Morgan fingerprint density at radius 3 is 2.75 bits per heavy atom. The Labute approximate surface area is 64.1 Å². The molecule has 0 aliphatic rings. The van der Waals surface area contributed by atoms with Crippen LogP contribution in [-0.2, 0) is 5.45 Å². The van der Waals surface area contributed by atoms with Crippen molar-refractivity contribution in [3.05, 3.63) is 16.9 Å². The maximum atomic E-state index is 3.96. The number of halogens is 2. The monoisotopic (exact) mass is 238 g/mol. The van der Waals surface area contributed by atoms with Gasteiger partial charge < -0.3 is 0 Å². The molecule has 0 unspecified atom stereocenters. The standard InChI is InChI=1S/C4H4Br2N2/c5-3-8-2-4(6)1-7-8/h1-2H,3H2. The van der Waals surface area contributed by atoms with Crippen molar-refractivity contribution in [3.63, 3.8) is 0 Å². The highest BCUT2D eigenvalue weighted by Gasteiger charge is 1.88. The molecule has 2 nitrogen and oxygen atoms in total. The zero-order valence-corrected chi connectivity index (χ0v) is 7.18. The lowest BCUT2D eigenvalue weighted by atomic mass is 10.8. The molecule has 0 aliphatic heterocycles. The molecule has 0 radical (unpaired) electrons. The Morgan fingerprint density at radius 1 is 1.75 bits per heavy atom. The maximum Gasteiger partial charge on any atom is 0.0960 e. The van der Waals surface area contributed by atoms with Crippen LogP contribution in [0.15, 0.2) is 16.9 Å². The number of aromatic nitrogens is 2. The van der Waals surface area contributed by atoms with Crippen LogP contribution in [-0.4, -0.2) is 9.78 Å². The summed E-state index contributed by atoms with van der Waals surface area (Å²) in [6, 6.07) is 0. The largest absolute Gasteiger partial charge is 0.261 e. The summed E-state index contributed by atoms with van der Waals surface area (Å²) in [7, 11) is 0. The molecule has 0 amide bonds. The van der Waals surface area contributed by atoms with E-state index in [1.807, 2.05) is 6.20 Å². The van der Waals surface area contributed by atoms with Crippen LogP contribution in [0.5, 0.6) is 0 Å². The van der Waals surface area contributed by atoms with Gasteiger partial charge in [-0.15, -0.1) is 0 Å². The van der Waals surface area contributed by atoms with Gasteiger partial charge in [-0.05, 0) is 15.9 Å². The predicted molar refractivity (Wildman–Crippen MR) is 38.9 cm³/mol. The zero-order valence-electron chi connectivity index (χ0n) is 4.01. The second kappa shape index (κ2) is 2.64. The molecule has 0 spiro atoms. The van der Waals surface area contributed by atoms with Gasteiger partial charge in [-0.3, -0.25) is 4.68 Å². The van der Waals surface area contributed by atoms with E-state index in [2.05, 4.69) is 37.0 Å². The van der Waals surface area contributed by atoms with E-state index in [1.165, 1.54) is 0 Å². The Morgan fingerprint density at radius 2 is 2.50 bits per heavy atom. The van der Waals surface area contributed by atoms with Crippen LogP contribution >= 0.6 is 31.9 Å². The van der Waals surface area contributed by atoms with Crippen molar-refractivity contribution in [2.24, 2.45) is 0 Å². The van der Waals surface area contributed by atoms with Crippen LogP contribution < -0.4 is 0 Å². The van der Waals surface area contributed by atoms with Crippen molar-refractivity contribution in [3.8, 4) is 0 Å². The second-order valence-electron chi connectivity index (χ2n) is 1.32. The molecule has 0 fully saturated rings. The highest BCUT2D eigenvalue weighted by atomic mass is 79.9. The van der Waals surface area contributed by atoms with E-state index in [0.717, 1.165) is 9.93 Å². The molecule has 0 saturated carbocycles. The topological polar surface area (TPSA) is 17.8 Å². The molecule has 1 aromatic heterocycles. The predicted octanol–water partition coefficient (Wildman–Crippen LogP) is 2.00. The minimum Gasteiger partial charge on any atom is -0.261 e. The summed E-state index contributed by atoms with van der Waals surface area (Å²) in [5.74, 6) is 0. The first-order valence-corrected chi connectivity index (χ1v) is 3.98. The van der Waals surface area contributed by atoms with Crippen molar-refractivity contribution in [2.75, 3.05) is 0 Å². The van der Waals surface area contributed by atoms with Crippen molar-refractivity contribution < 1.29 is 0 Å². The van der Waals surface area contributed by atoms with E-state index >= 15 is 0 Å². The van der Waals surface area contributed by atoms with Crippen LogP contribution in [0.1, 0.15) is 0 Å². The minimum atomic E-state index is 0.749. The van der Waals surface area contributed by atoms with Gasteiger partial charge in [0.25, 0.3) is 0 Å². The summed E-state index contributed by atoms with van der Waals surface area (Å²) in [4.78, 5) is 0. The molecule has 0 N–H and O–H groups in total. The first kappa shape index (κ1) is 6.29. The lowest BCUT2D eigenvalue weighted by Crippen LogP contribution is -1.88. The molecule has 0 aromatic carbocycles. The van der Waals surface area contributed by atoms with E-state index in [-0.39, 0.29) is 0 Å². The third-order valence-electron chi connectivity index (χ3n) is 0.724. The van der Waals surface area contributed by atoms with E-state index in [9.17, 15) is 0 Å². The van der Waals surface area contributed by atoms with Crippen LogP contribution in [0, 0.1) is 0 Å². The Balaban J connectivity index is 2.84. The number of alkyl halides is 1. The molecule has 1 rings (SSSR count). The Kier molecular flexibility index (Phi) is 2.08. The van der Waals surface area contributed by atoms with E-state index in [4.69, 9.17) is 0 Å². The molecule has 4 heteroatoms. The van der Waals surface area contributed by atoms with Crippen molar-refractivity contribution in [2.45, 2.75) is 5.45 Å². The highest BCUT2D eigenvalue weighted by molar-refractivity contribution is 9.10. The van der Waals surface area contributed by atoms with Crippen molar-refractivity contribution >= 4 is 31.9 Å². The quantitative estimate of drug-likeness (QED) is 0.686. The van der Waals surface area contributed by atoms with Crippen LogP contribution in [0.4, 0.5) is 0 Å². The van der Waals surface area contributed by atoms with Gasteiger partial charge in [0.15, 0.2) is 0 Å². The molecule has 8 heavy (non-hydrogen) atoms. The average Bonchev–Trinajstić information content (AvgIpc) is 2.14. The number of rotatable bonds is 1. The maximum absolute atomic E-state index is 3.96. The summed E-state index contributed by atoms with van der Waals surface area (Å²) >= 11 is 6.52. The van der Waals surface area contributed by atoms with Gasteiger partial charge in [0.1, 0.15) is 0 Å². The van der Waals surface area contributed by atoms with E-state index < -0.39 is 0 Å². The van der Waals surface area contributed by atoms with Gasteiger partial charge in [-0.1, -0.05) is 15.9 Å². The minimum absolute atomic E-state index is 0.749. The molecule has 1 heterocycles. The van der Waals surface area contributed by atoms with E-state index in [0.29, 0.717) is 0 Å². The van der Waals surface area contributed by atoms with Gasteiger partial charge in [-0.2, -0.15) is 5.10 Å². The van der Waals surface area contributed by atoms with Crippen LogP contribution in [0.2, 0.25) is 0 Å². The Bertz CT molecular complexity index is 172. The smallest absolute Gasteiger partial charge is 0.0960 e. The molecular weight excluding hydrogens is 236 g/mol. The first-order chi connectivity index (χ1) is 3.83. The number of hydrogen-bond donors (Lipinski definition) is 0.